The Morgan fingerprint density at radius 2 is 2.33 bits per heavy atom. The summed E-state index contributed by atoms with van der Waals surface area (Å²) in [5, 5.41) is 0.419. The van der Waals surface area contributed by atoms with Crippen LogP contribution in [0.1, 0.15) is 17.3 Å². The molecule has 0 saturated heterocycles. The van der Waals surface area contributed by atoms with Crippen LogP contribution in [0.5, 0.6) is 11.5 Å². The molecule has 0 radical (unpaired) electrons. The molecule has 0 fully saturated rings. The molecule has 4 nitrogen and oxygen atoms in total. The summed E-state index contributed by atoms with van der Waals surface area (Å²) in [4.78, 5) is 11.5. The zero-order valence-corrected chi connectivity index (χ0v) is 8.84. The predicted octanol–water partition coefficient (Wildman–Crippen LogP) is 2.25. The smallest absolute Gasteiger partial charge is 0.342 e. The fraction of sp³-hybridized carbons (Fsp3) is 0.300. The fourth-order valence-electron chi connectivity index (χ4n) is 1.34. The molecule has 1 aromatic rings. The Labute approximate surface area is 91.7 Å². The van der Waals surface area contributed by atoms with E-state index in [9.17, 15) is 4.79 Å². The molecule has 1 aromatic carbocycles. The summed E-state index contributed by atoms with van der Waals surface area (Å²) in [5.74, 6) is 0.421. The van der Waals surface area contributed by atoms with Gasteiger partial charge < -0.3 is 14.2 Å². The van der Waals surface area contributed by atoms with Crippen LogP contribution in [0.4, 0.5) is 0 Å². The highest BCUT2D eigenvalue weighted by Gasteiger charge is 2.23. The second kappa shape index (κ2) is 3.98. The average molecular weight is 229 g/mol. The molecule has 0 atom stereocenters. The van der Waals surface area contributed by atoms with E-state index >= 15 is 0 Å². The number of ether oxygens (including phenoxy) is 3. The standard InChI is InChI=1S/C10H9ClO4/c1-2-13-10(12)7-3-6(11)4-8-9(7)15-5-14-8/h3-4H,2,5H2,1H3. The quantitative estimate of drug-likeness (QED) is 0.729. The minimum atomic E-state index is -0.457. The Bertz CT molecular complexity index is 403. The van der Waals surface area contributed by atoms with E-state index in [-0.39, 0.29) is 6.79 Å². The monoisotopic (exact) mass is 228 g/mol. The summed E-state index contributed by atoms with van der Waals surface area (Å²) in [7, 11) is 0. The van der Waals surface area contributed by atoms with Crippen molar-refractivity contribution in [1.82, 2.24) is 0 Å². The van der Waals surface area contributed by atoms with Gasteiger partial charge in [0.2, 0.25) is 6.79 Å². The van der Waals surface area contributed by atoms with Gasteiger partial charge in [-0.1, -0.05) is 11.6 Å². The third-order valence-corrected chi connectivity index (χ3v) is 2.15. The minimum Gasteiger partial charge on any atom is -0.462 e. The van der Waals surface area contributed by atoms with E-state index in [4.69, 9.17) is 25.8 Å². The first-order chi connectivity index (χ1) is 7.22. The molecular formula is C10H9ClO4. The maximum Gasteiger partial charge on any atom is 0.342 e. The molecule has 80 valence electrons. The summed E-state index contributed by atoms with van der Waals surface area (Å²) < 4.78 is 15.2. The van der Waals surface area contributed by atoms with Crippen LogP contribution in [0, 0.1) is 0 Å². The number of hydrogen-bond acceptors (Lipinski definition) is 4. The maximum atomic E-state index is 11.5. The van der Waals surface area contributed by atoms with Crippen LogP contribution in [0.25, 0.3) is 0 Å². The lowest BCUT2D eigenvalue weighted by Crippen LogP contribution is -2.06. The summed E-state index contributed by atoms with van der Waals surface area (Å²) in [6.07, 6.45) is 0. The molecule has 1 heterocycles. The summed E-state index contributed by atoms with van der Waals surface area (Å²) in [5.41, 5.74) is 0.303. The Hall–Kier alpha value is -1.42. The molecule has 2 rings (SSSR count). The lowest BCUT2D eigenvalue weighted by atomic mass is 10.2. The van der Waals surface area contributed by atoms with Crippen LogP contribution >= 0.6 is 11.6 Å². The van der Waals surface area contributed by atoms with Gasteiger partial charge in [0.25, 0.3) is 0 Å². The Kier molecular flexibility index (Phi) is 2.68. The Morgan fingerprint density at radius 1 is 1.53 bits per heavy atom. The first-order valence-corrected chi connectivity index (χ1v) is 4.86. The first kappa shape index (κ1) is 10.1. The summed E-state index contributed by atoms with van der Waals surface area (Å²) in [6, 6.07) is 3.11. The number of hydrogen-bond donors (Lipinski definition) is 0. The van der Waals surface area contributed by atoms with Gasteiger partial charge in [0, 0.05) is 11.1 Å². The van der Waals surface area contributed by atoms with Gasteiger partial charge in [-0.05, 0) is 13.0 Å². The molecule has 1 aliphatic rings. The normalized spacial score (nSPS) is 12.7. The topological polar surface area (TPSA) is 44.8 Å². The number of halogens is 1. The van der Waals surface area contributed by atoms with Crippen molar-refractivity contribution in [1.29, 1.82) is 0 Å². The number of carbonyl (C=O) groups excluding carboxylic acids is 1. The van der Waals surface area contributed by atoms with Crippen molar-refractivity contribution in [2.45, 2.75) is 6.92 Å². The van der Waals surface area contributed by atoms with Gasteiger partial charge in [-0.2, -0.15) is 0 Å². The van der Waals surface area contributed by atoms with Gasteiger partial charge in [0.1, 0.15) is 5.56 Å². The fourth-order valence-corrected chi connectivity index (χ4v) is 1.55. The lowest BCUT2D eigenvalue weighted by molar-refractivity contribution is 0.0522. The van der Waals surface area contributed by atoms with Crippen molar-refractivity contribution < 1.29 is 19.0 Å². The van der Waals surface area contributed by atoms with Crippen molar-refractivity contribution in [3.8, 4) is 11.5 Å². The van der Waals surface area contributed by atoms with Crippen LogP contribution in [0.2, 0.25) is 5.02 Å². The molecule has 5 heteroatoms. The van der Waals surface area contributed by atoms with E-state index in [1.54, 1.807) is 13.0 Å². The third kappa shape index (κ3) is 1.85. The summed E-state index contributed by atoms with van der Waals surface area (Å²) >= 11 is 5.83. The van der Waals surface area contributed by atoms with Crippen LogP contribution in [-0.4, -0.2) is 19.4 Å². The molecule has 0 bridgehead atoms. The van der Waals surface area contributed by atoms with Gasteiger partial charge in [-0.25, -0.2) is 4.79 Å². The van der Waals surface area contributed by atoms with Gasteiger partial charge in [0.05, 0.1) is 6.61 Å². The number of esters is 1. The van der Waals surface area contributed by atoms with Crippen molar-refractivity contribution >= 4 is 17.6 Å². The Morgan fingerprint density at radius 3 is 3.07 bits per heavy atom. The molecule has 1 aliphatic heterocycles. The van der Waals surface area contributed by atoms with Crippen molar-refractivity contribution in [3.63, 3.8) is 0 Å². The van der Waals surface area contributed by atoms with Gasteiger partial charge in [0.15, 0.2) is 11.5 Å². The molecule has 0 spiro atoms. The molecular weight excluding hydrogens is 220 g/mol. The number of rotatable bonds is 2. The molecule has 0 saturated carbocycles. The van der Waals surface area contributed by atoms with E-state index in [0.29, 0.717) is 28.7 Å². The SMILES string of the molecule is CCOC(=O)c1cc(Cl)cc2c1OCO2. The zero-order chi connectivity index (χ0) is 10.8. The molecule has 0 unspecified atom stereocenters. The van der Waals surface area contributed by atoms with E-state index < -0.39 is 5.97 Å². The molecule has 0 N–H and O–H groups in total. The number of carbonyl (C=O) groups is 1. The maximum absolute atomic E-state index is 11.5. The number of fused-ring (bicyclic) bond motifs is 1. The highest BCUT2D eigenvalue weighted by atomic mass is 35.5. The highest BCUT2D eigenvalue weighted by molar-refractivity contribution is 6.31. The Balaban J connectivity index is 2.42. The van der Waals surface area contributed by atoms with Crippen molar-refractivity contribution in [2.75, 3.05) is 13.4 Å². The predicted molar refractivity (Wildman–Crippen MR) is 53.5 cm³/mol. The van der Waals surface area contributed by atoms with Crippen molar-refractivity contribution in [2.24, 2.45) is 0 Å². The van der Waals surface area contributed by atoms with Gasteiger partial charge in [-0.15, -0.1) is 0 Å². The van der Waals surface area contributed by atoms with Crippen LogP contribution in [0.15, 0.2) is 12.1 Å². The molecule has 0 aliphatic carbocycles. The van der Waals surface area contributed by atoms with Crippen LogP contribution in [0.3, 0.4) is 0 Å². The van der Waals surface area contributed by atoms with Gasteiger partial charge >= 0.3 is 5.97 Å². The zero-order valence-electron chi connectivity index (χ0n) is 8.08. The van der Waals surface area contributed by atoms with E-state index in [0.717, 1.165) is 0 Å². The molecule has 0 amide bonds. The van der Waals surface area contributed by atoms with E-state index in [1.165, 1.54) is 6.07 Å². The van der Waals surface area contributed by atoms with E-state index in [1.807, 2.05) is 0 Å². The minimum absolute atomic E-state index is 0.0993. The third-order valence-electron chi connectivity index (χ3n) is 1.93. The van der Waals surface area contributed by atoms with Crippen LogP contribution < -0.4 is 9.47 Å². The highest BCUT2D eigenvalue weighted by Crippen LogP contribution is 2.38. The average Bonchev–Trinajstić information content (AvgIpc) is 2.64. The molecule has 0 aromatic heterocycles. The molecule has 15 heavy (non-hydrogen) atoms. The number of benzene rings is 1. The van der Waals surface area contributed by atoms with Gasteiger partial charge in [-0.3, -0.25) is 0 Å². The largest absolute Gasteiger partial charge is 0.462 e. The first-order valence-electron chi connectivity index (χ1n) is 4.48. The summed E-state index contributed by atoms with van der Waals surface area (Å²) in [6.45, 7) is 2.14. The van der Waals surface area contributed by atoms with E-state index in [2.05, 4.69) is 0 Å². The second-order valence-corrected chi connectivity index (χ2v) is 3.34. The van der Waals surface area contributed by atoms with Crippen molar-refractivity contribution in [3.05, 3.63) is 22.7 Å². The lowest BCUT2D eigenvalue weighted by Gasteiger charge is -2.05. The van der Waals surface area contributed by atoms with Crippen LogP contribution in [-0.2, 0) is 4.74 Å². The second-order valence-electron chi connectivity index (χ2n) is 2.91.